The first-order chi connectivity index (χ1) is 44.5. The minimum Gasteiger partial charge on any atom is -0.481 e. The number of aliphatic carboxylic acids is 7. The predicted molar refractivity (Wildman–Crippen MR) is 305 cm³/mol. The Balaban J connectivity index is 6.87. The molecule has 0 bridgehead atoms. The molecule has 0 spiro atoms. The van der Waals surface area contributed by atoms with E-state index in [0.29, 0.717) is 0 Å². The molecular weight excluding hydrogens is 1310 g/mol. The number of primary amides is 3. The van der Waals surface area contributed by atoms with E-state index in [1.807, 2.05) is 42.5 Å². The fraction of sp³-hybridized carbons (Fsp3) is 0.560. The van der Waals surface area contributed by atoms with Crippen molar-refractivity contribution >= 4 is 130 Å². The molecule has 15 amide bonds. The first-order valence-corrected chi connectivity index (χ1v) is 27.7. The number of nitrogens with one attached hydrogen (secondary N) is 12. The number of rotatable bonds is 47. The molecule has 0 rings (SSSR count). The van der Waals surface area contributed by atoms with E-state index in [1.54, 1.807) is 10.6 Å². The van der Waals surface area contributed by atoms with Crippen molar-refractivity contribution in [2.24, 2.45) is 17.2 Å². The predicted octanol–water partition coefficient (Wildman–Crippen LogP) is -13.4. The van der Waals surface area contributed by atoms with Gasteiger partial charge in [-0.3, -0.25) is 105 Å². The van der Waals surface area contributed by atoms with Gasteiger partial charge in [-0.1, -0.05) is 0 Å². The van der Waals surface area contributed by atoms with Crippen LogP contribution in [-0.2, 0) is 105 Å². The van der Waals surface area contributed by atoms with Crippen LogP contribution in [0.25, 0.3) is 0 Å². The Morgan fingerprint density at radius 1 is 0.271 bits per heavy atom. The fourth-order valence-corrected chi connectivity index (χ4v) is 7.71. The zero-order chi connectivity index (χ0) is 74.0. The van der Waals surface area contributed by atoms with Gasteiger partial charge in [-0.05, 0) is 26.2 Å². The molecule has 0 aromatic rings. The molecule has 27 N–H and O–H groups in total. The summed E-state index contributed by atoms with van der Waals surface area (Å²) >= 11 is 0. The van der Waals surface area contributed by atoms with Gasteiger partial charge in [0.2, 0.25) is 88.6 Å². The third kappa shape index (κ3) is 33.5. The van der Waals surface area contributed by atoms with Gasteiger partial charge in [0.05, 0.1) is 51.7 Å². The summed E-state index contributed by atoms with van der Waals surface area (Å²) in [6.07, 6.45) is -13.0. The molecule has 46 nitrogen and oxygen atoms in total. The van der Waals surface area contributed by atoms with E-state index >= 15 is 0 Å². The Hall–Kier alpha value is -11.7. The van der Waals surface area contributed by atoms with Crippen molar-refractivity contribution in [1.82, 2.24) is 63.8 Å². The van der Waals surface area contributed by atoms with Crippen LogP contribution < -0.4 is 81.0 Å². The monoisotopic (exact) mass is 1380 g/mol. The third-order valence-corrected chi connectivity index (χ3v) is 12.4. The topological polar surface area (TPSA) is 780 Å². The third-order valence-electron chi connectivity index (χ3n) is 12.4. The van der Waals surface area contributed by atoms with Gasteiger partial charge in [-0.25, -0.2) is 0 Å². The molecule has 0 aliphatic rings. The number of aliphatic hydroxyl groups is 2. The van der Waals surface area contributed by atoms with E-state index in [0.717, 1.165) is 13.8 Å². The molecule has 12 atom stereocenters. The average molecular weight is 1380 g/mol. The van der Waals surface area contributed by atoms with Crippen molar-refractivity contribution < 1.29 is 151 Å². The summed E-state index contributed by atoms with van der Waals surface area (Å²) in [7, 11) is 0. The van der Waals surface area contributed by atoms with E-state index in [1.165, 1.54) is 0 Å². The highest BCUT2D eigenvalue weighted by Gasteiger charge is 2.39. The highest BCUT2D eigenvalue weighted by molar-refractivity contribution is 6.02. The van der Waals surface area contributed by atoms with Crippen LogP contribution in [0.5, 0.6) is 0 Å². The van der Waals surface area contributed by atoms with Crippen molar-refractivity contribution in [3.05, 3.63) is 0 Å². The SMILES string of the molecule is CC(=O)N[C@H](CC(=O)O)C(=O)N[C@H](CC(N)=O)C(=O)N[C@H](CC(=O)O)C(=O)N[C@H](CO)C(=O)N[C@H](CCC(=O)O)C(=O)N[C@H](CC(=O)O)C(=O)N[C@H](CC(N)=O)C(=O)N[C@H](CO)C(=O)N[C@H](CC(=O)O)C(=O)N[C@H](CCC(=O)O)C(=O)N[C@H](CCC(=O)O)C(=O)N[C@H](C)C(N)=O. The minimum atomic E-state index is -2.43. The zero-order valence-electron chi connectivity index (χ0n) is 50.6. The molecule has 0 fully saturated rings. The quantitative estimate of drug-likeness (QED) is 0.0269. The number of carbonyl (C=O) groups excluding carboxylic acids is 15. The minimum absolute atomic E-state index is 0.672. The first-order valence-electron chi connectivity index (χ1n) is 27.7. The Labute approximate surface area is 538 Å². The van der Waals surface area contributed by atoms with Crippen molar-refractivity contribution in [1.29, 1.82) is 0 Å². The number of carboxylic acids is 7. The molecule has 0 heterocycles. The van der Waals surface area contributed by atoms with Crippen molar-refractivity contribution in [3.63, 3.8) is 0 Å². The lowest BCUT2D eigenvalue weighted by molar-refractivity contribution is -0.143. The lowest BCUT2D eigenvalue weighted by Gasteiger charge is -2.27. The highest BCUT2D eigenvalue weighted by atomic mass is 16.4. The second-order valence-corrected chi connectivity index (χ2v) is 20.4. The van der Waals surface area contributed by atoms with Gasteiger partial charge < -0.3 is 127 Å². The van der Waals surface area contributed by atoms with Crippen LogP contribution in [0, 0.1) is 0 Å². The lowest BCUT2D eigenvalue weighted by atomic mass is 10.1. The van der Waals surface area contributed by atoms with Gasteiger partial charge in [0, 0.05) is 26.2 Å². The van der Waals surface area contributed by atoms with Gasteiger partial charge in [0.25, 0.3) is 0 Å². The molecule has 46 heteroatoms. The molecule has 0 aromatic carbocycles. The van der Waals surface area contributed by atoms with Gasteiger partial charge in [0.15, 0.2) is 0 Å². The van der Waals surface area contributed by atoms with Crippen LogP contribution in [0.1, 0.15) is 90.9 Å². The largest absolute Gasteiger partial charge is 0.481 e. The molecule has 0 aliphatic heterocycles. The van der Waals surface area contributed by atoms with Crippen molar-refractivity contribution in [2.45, 2.75) is 163 Å². The molecule has 96 heavy (non-hydrogen) atoms. The van der Waals surface area contributed by atoms with Gasteiger partial charge >= 0.3 is 41.8 Å². The molecule has 0 saturated heterocycles. The summed E-state index contributed by atoms with van der Waals surface area (Å²) in [6.45, 7) is -0.965. The van der Waals surface area contributed by atoms with Crippen LogP contribution in [0.3, 0.4) is 0 Å². The maximum atomic E-state index is 13.8. The number of hydrogen-bond acceptors (Lipinski definition) is 24. The summed E-state index contributed by atoms with van der Waals surface area (Å²) in [5, 5.41) is 109. The van der Waals surface area contributed by atoms with E-state index in [9.17, 15) is 146 Å². The van der Waals surface area contributed by atoms with Gasteiger partial charge in [-0.15, -0.1) is 0 Å². The highest BCUT2D eigenvalue weighted by Crippen LogP contribution is 2.09. The van der Waals surface area contributed by atoms with Crippen LogP contribution >= 0.6 is 0 Å². The molecule has 0 aliphatic carbocycles. The first kappa shape index (κ1) is 84.3. The Bertz CT molecular complexity index is 2980. The maximum Gasteiger partial charge on any atom is 0.305 e. The standard InChI is InChI=1S/C50H73N15O31/c1-17(39(53)85)54-40(86)19(3-6-32(71)72)56-41(87)20(4-7-33(73)74)57-46(92)25(12-36(79)80)63-50(96)29(16-67)64-44(90)23(10-31(52)70)60-47(93)26(13-37(81)82)61-42(88)21(5-8-34(75)76)58-49(95)28(15-66)65-48(94)27(14-38(83)84)62-43(89)22(9-30(51)69)59-45(91)24(11-35(77)78)55-18(2)68/h17,19-29,66-67H,3-16H2,1-2H3,(H2,51,69)(H2,52,70)(H2,53,85)(H,54,86)(H,55,68)(H,56,87)(H,57,92)(H,58,95)(H,59,91)(H,60,93)(H,61,88)(H,62,89)(H,63,96)(H,64,90)(H,65,94)(H,71,72)(H,73,74)(H,75,76)(H,77,78)(H,79,80)(H,81,82)(H,83,84)/t17-,19-,20-,21-,22-,23-,24-,25-,26-,27-,28-,29-/m1/s1. The molecule has 0 radical (unpaired) electrons. The fourth-order valence-electron chi connectivity index (χ4n) is 7.71. The summed E-state index contributed by atoms with van der Waals surface area (Å²) in [4.78, 5) is 277. The summed E-state index contributed by atoms with van der Waals surface area (Å²) in [5.41, 5.74) is 15.5. The molecular formula is C50H73N15O31. The van der Waals surface area contributed by atoms with Crippen molar-refractivity contribution in [2.75, 3.05) is 13.2 Å². The van der Waals surface area contributed by atoms with Gasteiger partial charge in [0.1, 0.15) is 72.5 Å². The molecule has 0 saturated carbocycles. The maximum absolute atomic E-state index is 13.8. The summed E-state index contributed by atoms with van der Waals surface area (Å²) in [6, 6.07) is -25.5. The molecule has 0 unspecified atom stereocenters. The van der Waals surface area contributed by atoms with E-state index in [4.69, 9.17) is 22.3 Å². The van der Waals surface area contributed by atoms with Crippen LogP contribution in [0.15, 0.2) is 0 Å². The Morgan fingerprint density at radius 2 is 0.458 bits per heavy atom. The van der Waals surface area contributed by atoms with Crippen LogP contribution in [0.4, 0.5) is 0 Å². The van der Waals surface area contributed by atoms with Crippen LogP contribution in [-0.4, -0.2) is 262 Å². The molecule has 0 aromatic heterocycles. The number of aliphatic hydroxyl groups excluding tert-OH is 2. The average Bonchev–Trinajstić information content (AvgIpc) is 0.884. The second-order valence-electron chi connectivity index (χ2n) is 20.4. The Kier molecular flexibility index (Phi) is 36.6. The second kappa shape index (κ2) is 41.7. The number of amides is 15. The molecule has 534 valence electrons. The Morgan fingerprint density at radius 3 is 0.656 bits per heavy atom. The summed E-state index contributed by atoms with van der Waals surface area (Å²) < 4.78 is 0. The number of carbonyl (C=O) groups is 22. The van der Waals surface area contributed by atoms with Crippen molar-refractivity contribution in [3.8, 4) is 0 Å². The smallest absolute Gasteiger partial charge is 0.305 e. The van der Waals surface area contributed by atoms with Crippen LogP contribution in [0.2, 0.25) is 0 Å². The zero-order valence-corrected chi connectivity index (χ0v) is 50.6. The van der Waals surface area contributed by atoms with Gasteiger partial charge in [-0.2, -0.15) is 0 Å². The van der Waals surface area contributed by atoms with E-state index < -0.39 is 293 Å². The number of hydrogen-bond donors (Lipinski definition) is 24. The number of carboxylic acid groups (broad SMARTS) is 7. The van der Waals surface area contributed by atoms with E-state index in [-0.39, 0.29) is 0 Å². The number of nitrogens with two attached hydrogens (primary N) is 3. The van der Waals surface area contributed by atoms with E-state index in [2.05, 4.69) is 10.6 Å². The normalized spacial score (nSPS) is 14.4. The summed E-state index contributed by atoms with van der Waals surface area (Å²) in [5.74, 6) is -34.0. The lowest BCUT2D eigenvalue weighted by Crippen LogP contribution is -2.62.